The number of methoxy groups -OCH3 is 1. The number of hydrogen-bond donors (Lipinski definition) is 2. The van der Waals surface area contributed by atoms with E-state index in [1.807, 2.05) is 0 Å². The molecule has 0 fully saturated rings. The van der Waals surface area contributed by atoms with Crippen LogP contribution in [-0.2, 0) is 9.47 Å². The lowest BCUT2D eigenvalue weighted by atomic mass is 9.96. The van der Waals surface area contributed by atoms with E-state index in [1.165, 1.54) is 24.3 Å². The van der Waals surface area contributed by atoms with Gasteiger partial charge in [-0.05, 0) is 26.3 Å². The maximum Gasteiger partial charge on any atom is 0.414 e. The number of carbonyl (C=O) groups excluding carboxylic acids is 2. The number of aromatic nitrogens is 1. The normalized spacial score (nSPS) is 16.7. The van der Waals surface area contributed by atoms with E-state index >= 15 is 0 Å². The molecule has 26 heavy (non-hydrogen) atoms. The molecular formula is C18H21ClN2O5. The number of amides is 1. The van der Waals surface area contributed by atoms with Crippen LogP contribution < -0.4 is 4.90 Å². The molecule has 8 heteroatoms. The zero-order valence-electron chi connectivity index (χ0n) is 15.1. The van der Waals surface area contributed by atoms with Crippen molar-refractivity contribution >= 4 is 40.3 Å². The number of H-pyrrole nitrogens is 1. The smallest absolute Gasteiger partial charge is 0.414 e. The molecule has 3 rings (SSSR count). The summed E-state index contributed by atoms with van der Waals surface area (Å²) in [7, 11) is 1.29. The van der Waals surface area contributed by atoms with Crippen molar-refractivity contribution in [3.05, 3.63) is 23.4 Å². The Bertz CT molecular complexity index is 884. The fraction of sp³-hybridized carbons (Fsp3) is 0.444. The van der Waals surface area contributed by atoms with Gasteiger partial charge in [0.2, 0.25) is 0 Å². The third kappa shape index (κ3) is 2.96. The Morgan fingerprint density at radius 3 is 2.69 bits per heavy atom. The van der Waals surface area contributed by atoms with Crippen LogP contribution in [0, 0.1) is 0 Å². The van der Waals surface area contributed by atoms with E-state index in [0.717, 1.165) is 5.56 Å². The minimum Gasteiger partial charge on any atom is -0.506 e. The van der Waals surface area contributed by atoms with E-state index in [2.05, 4.69) is 4.98 Å². The highest BCUT2D eigenvalue weighted by molar-refractivity contribution is 6.19. The van der Waals surface area contributed by atoms with Gasteiger partial charge in [0.15, 0.2) is 0 Å². The zero-order valence-corrected chi connectivity index (χ0v) is 15.8. The molecule has 1 amide bonds. The fourth-order valence-corrected chi connectivity index (χ4v) is 3.50. The van der Waals surface area contributed by atoms with Gasteiger partial charge < -0.3 is 19.6 Å². The van der Waals surface area contributed by atoms with Crippen molar-refractivity contribution < 1.29 is 24.2 Å². The molecule has 1 atom stereocenters. The van der Waals surface area contributed by atoms with Crippen LogP contribution in [0.1, 0.15) is 42.6 Å². The Hall–Kier alpha value is -2.41. The molecule has 0 aliphatic carbocycles. The molecule has 0 unspecified atom stereocenters. The highest BCUT2D eigenvalue weighted by atomic mass is 35.5. The first-order valence-electron chi connectivity index (χ1n) is 8.19. The van der Waals surface area contributed by atoms with E-state index in [-0.39, 0.29) is 23.1 Å². The number of hydrogen-bond acceptors (Lipinski definition) is 5. The van der Waals surface area contributed by atoms with Crippen LogP contribution in [0.15, 0.2) is 12.3 Å². The Morgan fingerprint density at radius 2 is 2.12 bits per heavy atom. The van der Waals surface area contributed by atoms with Crippen molar-refractivity contribution in [1.29, 1.82) is 0 Å². The number of aromatic hydroxyl groups is 1. The molecule has 2 aromatic rings. The van der Waals surface area contributed by atoms with Crippen LogP contribution in [0.5, 0.6) is 5.75 Å². The maximum atomic E-state index is 12.6. The molecule has 1 aliphatic heterocycles. The first-order valence-corrected chi connectivity index (χ1v) is 8.73. The lowest BCUT2D eigenvalue weighted by Crippen LogP contribution is -2.36. The summed E-state index contributed by atoms with van der Waals surface area (Å²) in [6.07, 6.45) is 0.957. The molecule has 140 valence electrons. The summed E-state index contributed by atoms with van der Waals surface area (Å²) in [4.78, 5) is 29.1. The summed E-state index contributed by atoms with van der Waals surface area (Å²) in [6, 6.07) is 1.49. The number of anilines is 1. The number of nitrogens with zero attached hydrogens (tertiary/aromatic N) is 1. The molecule has 2 heterocycles. The lowest BCUT2D eigenvalue weighted by molar-refractivity contribution is 0.0578. The zero-order chi connectivity index (χ0) is 19.2. The Labute approximate surface area is 155 Å². The number of esters is 1. The molecule has 1 aliphatic rings. The van der Waals surface area contributed by atoms with Gasteiger partial charge in [0.05, 0.1) is 23.9 Å². The number of rotatable bonds is 2. The number of halogens is 1. The second-order valence-electron chi connectivity index (χ2n) is 7.21. The predicted molar refractivity (Wildman–Crippen MR) is 98.3 cm³/mol. The number of benzene rings is 1. The van der Waals surface area contributed by atoms with E-state index < -0.39 is 17.7 Å². The summed E-state index contributed by atoms with van der Waals surface area (Å²) in [5.41, 5.74) is 1.24. The minimum absolute atomic E-state index is 0.0716. The van der Waals surface area contributed by atoms with Crippen molar-refractivity contribution in [2.24, 2.45) is 0 Å². The van der Waals surface area contributed by atoms with Crippen molar-refractivity contribution in [3.63, 3.8) is 0 Å². The van der Waals surface area contributed by atoms with E-state index in [9.17, 15) is 14.7 Å². The van der Waals surface area contributed by atoms with Crippen molar-refractivity contribution in [2.45, 2.75) is 32.3 Å². The van der Waals surface area contributed by atoms with Crippen LogP contribution in [0.4, 0.5) is 10.5 Å². The first kappa shape index (κ1) is 18.4. The van der Waals surface area contributed by atoms with Crippen molar-refractivity contribution in [1.82, 2.24) is 4.98 Å². The van der Waals surface area contributed by atoms with Gasteiger partial charge in [-0.1, -0.05) is 0 Å². The monoisotopic (exact) mass is 380 g/mol. The molecule has 1 aromatic carbocycles. The van der Waals surface area contributed by atoms with Gasteiger partial charge in [0.1, 0.15) is 11.4 Å². The van der Waals surface area contributed by atoms with Gasteiger partial charge in [0, 0.05) is 36.0 Å². The number of aromatic amines is 1. The average molecular weight is 381 g/mol. The van der Waals surface area contributed by atoms with Crippen molar-refractivity contribution in [3.8, 4) is 5.75 Å². The van der Waals surface area contributed by atoms with E-state index in [0.29, 0.717) is 23.1 Å². The molecule has 7 nitrogen and oxygen atoms in total. The Balaban J connectivity index is 2.20. The molecule has 0 radical (unpaired) electrons. The molecule has 0 spiro atoms. The van der Waals surface area contributed by atoms with E-state index in [4.69, 9.17) is 21.1 Å². The van der Waals surface area contributed by atoms with Gasteiger partial charge in [-0.25, -0.2) is 9.59 Å². The van der Waals surface area contributed by atoms with Crippen LogP contribution in [0.2, 0.25) is 0 Å². The van der Waals surface area contributed by atoms with E-state index in [1.54, 1.807) is 20.8 Å². The van der Waals surface area contributed by atoms with Gasteiger partial charge in [-0.2, -0.15) is 0 Å². The van der Waals surface area contributed by atoms with Gasteiger partial charge in [0.25, 0.3) is 0 Å². The number of phenolic OH excluding ortho intramolecular Hbond substituents is 1. The molecule has 1 aromatic heterocycles. The van der Waals surface area contributed by atoms with Gasteiger partial charge >= 0.3 is 12.1 Å². The van der Waals surface area contributed by atoms with Crippen LogP contribution in [0.25, 0.3) is 10.9 Å². The Kier molecular flexibility index (Phi) is 4.52. The highest BCUT2D eigenvalue weighted by Gasteiger charge is 2.38. The number of alkyl halides is 1. The second-order valence-corrected chi connectivity index (χ2v) is 7.52. The Morgan fingerprint density at radius 1 is 1.42 bits per heavy atom. The number of nitrogens with one attached hydrogen (secondary N) is 1. The maximum absolute atomic E-state index is 12.6. The molecule has 0 saturated carbocycles. The number of phenols is 1. The summed E-state index contributed by atoms with van der Waals surface area (Å²) >= 11 is 6.14. The standard InChI is InChI=1S/C18H21ClN2O5/c1-18(2,3)26-17(24)21-8-9(6-19)13-11(21)5-12(22)15-14(13)10(7-20-15)16(23)25-4/h5,7,9,20,22H,6,8H2,1-4H3/t9-/m1/s1. The topological polar surface area (TPSA) is 91.9 Å². The van der Waals surface area contributed by atoms with Crippen molar-refractivity contribution in [2.75, 3.05) is 24.4 Å². The molecule has 0 bridgehead atoms. The molecular weight excluding hydrogens is 360 g/mol. The highest BCUT2D eigenvalue weighted by Crippen LogP contribution is 2.46. The SMILES string of the molecule is COC(=O)c1c[nH]c2c(O)cc3c(c12)[C@H](CCl)CN3C(=O)OC(C)(C)C. The van der Waals surface area contributed by atoms with Crippen LogP contribution >= 0.6 is 11.6 Å². The summed E-state index contributed by atoms with van der Waals surface area (Å²) in [6.45, 7) is 5.65. The first-order chi connectivity index (χ1) is 12.2. The largest absolute Gasteiger partial charge is 0.506 e. The summed E-state index contributed by atoms with van der Waals surface area (Å²) in [5.74, 6) is -0.565. The predicted octanol–water partition coefficient (Wildman–Crippen LogP) is 3.74. The fourth-order valence-electron chi connectivity index (χ4n) is 3.25. The number of ether oxygens (including phenoxy) is 2. The minimum atomic E-state index is -0.659. The third-order valence-electron chi connectivity index (χ3n) is 4.26. The average Bonchev–Trinajstić information content (AvgIpc) is 3.14. The number of fused-ring (bicyclic) bond motifs is 3. The molecule has 0 saturated heterocycles. The van der Waals surface area contributed by atoms with Gasteiger partial charge in [-0.15, -0.1) is 11.6 Å². The third-order valence-corrected chi connectivity index (χ3v) is 4.64. The number of carbonyl (C=O) groups is 2. The summed E-state index contributed by atoms with van der Waals surface area (Å²) in [5, 5.41) is 10.9. The second kappa shape index (κ2) is 6.39. The lowest BCUT2D eigenvalue weighted by Gasteiger charge is -2.25. The van der Waals surface area contributed by atoms with Crippen LogP contribution in [0.3, 0.4) is 0 Å². The summed E-state index contributed by atoms with van der Waals surface area (Å²) < 4.78 is 10.3. The van der Waals surface area contributed by atoms with Gasteiger partial charge in [-0.3, -0.25) is 4.90 Å². The quantitative estimate of drug-likeness (QED) is 0.611. The van der Waals surface area contributed by atoms with Crippen LogP contribution in [-0.4, -0.2) is 47.3 Å². The molecule has 2 N–H and O–H groups in total.